The molecule has 2 N–H and O–H groups in total. The third-order valence-corrected chi connectivity index (χ3v) is 2.06. The third-order valence-electron chi connectivity index (χ3n) is 2.06. The number of aliphatic hydroxyl groups excluding tert-OH is 1. The molecule has 1 unspecified atom stereocenters. The van der Waals surface area contributed by atoms with Crippen LogP contribution < -0.4 is 0 Å². The highest BCUT2D eigenvalue weighted by Gasteiger charge is 2.15. The van der Waals surface area contributed by atoms with E-state index in [-0.39, 0.29) is 13.0 Å². The highest BCUT2D eigenvalue weighted by molar-refractivity contribution is 5.72. The lowest BCUT2D eigenvalue weighted by atomic mass is 10.2. The molecular weight excluding hydrogens is 224 g/mol. The topological polar surface area (TPSA) is 83.8 Å². The van der Waals surface area contributed by atoms with E-state index in [1.165, 1.54) is 0 Å². The molecule has 0 saturated carbocycles. The minimum atomic E-state index is -1.20. The van der Waals surface area contributed by atoms with Crippen LogP contribution in [-0.2, 0) is 20.9 Å². The number of aliphatic carboxylic acids is 1. The summed E-state index contributed by atoms with van der Waals surface area (Å²) in [6.45, 7) is 0.124. The van der Waals surface area contributed by atoms with E-state index in [9.17, 15) is 14.7 Å². The molecule has 1 atom stereocenters. The first-order valence-corrected chi connectivity index (χ1v) is 5.17. The Balaban J connectivity index is 2.28. The summed E-state index contributed by atoms with van der Waals surface area (Å²) in [6, 6.07) is 9.11. The van der Waals surface area contributed by atoms with Crippen molar-refractivity contribution in [3.8, 4) is 0 Å². The number of carboxylic acid groups (broad SMARTS) is 1. The summed E-state index contributed by atoms with van der Waals surface area (Å²) in [4.78, 5) is 21.5. The Kier molecular flexibility index (Phi) is 5.16. The lowest BCUT2D eigenvalue weighted by molar-refractivity contribution is -0.148. The Bertz CT molecular complexity index is 374. The first-order chi connectivity index (χ1) is 8.08. The average molecular weight is 238 g/mol. The maximum atomic E-state index is 11.2. The number of esters is 1. The van der Waals surface area contributed by atoms with E-state index < -0.39 is 24.5 Å². The second-order valence-electron chi connectivity index (χ2n) is 3.60. The minimum Gasteiger partial charge on any atom is -0.481 e. The Hall–Kier alpha value is -1.88. The van der Waals surface area contributed by atoms with Crippen LogP contribution in [0.5, 0.6) is 0 Å². The van der Waals surface area contributed by atoms with Gasteiger partial charge in [0.1, 0.15) is 6.61 Å². The first-order valence-electron chi connectivity index (χ1n) is 5.17. The second-order valence-corrected chi connectivity index (χ2v) is 3.60. The molecule has 0 aliphatic heterocycles. The van der Waals surface area contributed by atoms with E-state index >= 15 is 0 Å². The monoisotopic (exact) mass is 238 g/mol. The number of carbonyl (C=O) groups is 2. The van der Waals surface area contributed by atoms with Crippen LogP contribution in [0.25, 0.3) is 0 Å². The van der Waals surface area contributed by atoms with E-state index in [0.29, 0.717) is 0 Å². The molecular formula is C12H14O5. The molecule has 5 heteroatoms. The zero-order chi connectivity index (χ0) is 12.7. The standard InChI is InChI=1S/C12H14O5/c13-10(6-11(14)15)7-12(16)17-8-9-4-2-1-3-5-9/h1-5,10,13H,6-8H2,(H,14,15). The maximum Gasteiger partial charge on any atom is 0.308 e. The van der Waals surface area contributed by atoms with Crippen LogP contribution in [0.1, 0.15) is 18.4 Å². The molecule has 1 rings (SSSR count). The van der Waals surface area contributed by atoms with Crippen molar-refractivity contribution >= 4 is 11.9 Å². The number of ether oxygens (including phenoxy) is 1. The maximum absolute atomic E-state index is 11.2. The van der Waals surface area contributed by atoms with Gasteiger partial charge in [0.25, 0.3) is 0 Å². The van der Waals surface area contributed by atoms with Gasteiger partial charge >= 0.3 is 11.9 Å². The molecule has 92 valence electrons. The summed E-state index contributed by atoms with van der Waals surface area (Å²) in [6.07, 6.45) is -1.96. The quantitative estimate of drug-likeness (QED) is 0.721. The van der Waals surface area contributed by atoms with Gasteiger partial charge in [0.15, 0.2) is 0 Å². The van der Waals surface area contributed by atoms with Gasteiger partial charge < -0.3 is 14.9 Å². The van der Waals surface area contributed by atoms with Crippen LogP contribution in [0.15, 0.2) is 30.3 Å². The van der Waals surface area contributed by atoms with Crippen molar-refractivity contribution in [2.75, 3.05) is 0 Å². The van der Waals surface area contributed by atoms with Crippen LogP contribution in [0.4, 0.5) is 0 Å². The van der Waals surface area contributed by atoms with Crippen LogP contribution in [0, 0.1) is 0 Å². The van der Waals surface area contributed by atoms with Gasteiger partial charge in [-0.05, 0) is 5.56 Å². The van der Waals surface area contributed by atoms with Gasteiger partial charge in [-0.1, -0.05) is 30.3 Å². The van der Waals surface area contributed by atoms with E-state index in [2.05, 4.69) is 0 Å². The molecule has 0 bridgehead atoms. The van der Waals surface area contributed by atoms with Gasteiger partial charge in [-0.2, -0.15) is 0 Å². The van der Waals surface area contributed by atoms with Gasteiger partial charge in [0, 0.05) is 0 Å². The van der Waals surface area contributed by atoms with Gasteiger partial charge in [0.2, 0.25) is 0 Å². The van der Waals surface area contributed by atoms with Crippen molar-refractivity contribution in [3.05, 3.63) is 35.9 Å². The molecule has 0 spiro atoms. The first kappa shape index (κ1) is 13.2. The highest BCUT2D eigenvalue weighted by atomic mass is 16.5. The Labute approximate surface area is 98.6 Å². The Morgan fingerprint density at radius 1 is 1.18 bits per heavy atom. The zero-order valence-corrected chi connectivity index (χ0v) is 9.20. The summed E-state index contributed by atoms with van der Waals surface area (Å²) in [5, 5.41) is 17.6. The minimum absolute atomic E-state index is 0.124. The van der Waals surface area contributed by atoms with E-state index in [1.807, 2.05) is 18.2 Å². The van der Waals surface area contributed by atoms with Crippen molar-refractivity contribution < 1.29 is 24.5 Å². The van der Waals surface area contributed by atoms with E-state index in [0.717, 1.165) is 5.56 Å². The fraction of sp³-hybridized carbons (Fsp3) is 0.333. The summed E-state index contributed by atoms with van der Waals surface area (Å²) in [5.74, 6) is -1.75. The summed E-state index contributed by atoms with van der Waals surface area (Å²) >= 11 is 0. The smallest absolute Gasteiger partial charge is 0.308 e. The average Bonchev–Trinajstić information content (AvgIpc) is 2.26. The molecule has 1 aromatic rings. The molecule has 0 amide bonds. The number of carbonyl (C=O) groups excluding carboxylic acids is 1. The lowest BCUT2D eigenvalue weighted by Gasteiger charge is -2.08. The fourth-order valence-electron chi connectivity index (χ4n) is 1.26. The largest absolute Gasteiger partial charge is 0.481 e. The fourth-order valence-corrected chi connectivity index (χ4v) is 1.26. The molecule has 0 aromatic heterocycles. The van der Waals surface area contributed by atoms with Crippen LogP contribution in [0.3, 0.4) is 0 Å². The second kappa shape index (κ2) is 6.65. The number of hydrogen-bond donors (Lipinski definition) is 2. The summed E-state index contributed by atoms with van der Waals surface area (Å²) < 4.78 is 4.89. The predicted molar refractivity (Wildman–Crippen MR) is 59.1 cm³/mol. The Morgan fingerprint density at radius 2 is 1.82 bits per heavy atom. The Morgan fingerprint density at radius 3 is 2.41 bits per heavy atom. The zero-order valence-electron chi connectivity index (χ0n) is 9.20. The molecule has 0 aliphatic carbocycles. The highest BCUT2D eigenvalue weighted by Crippen LogP contribution is 2.04. The third kappa shape index (κ3) is 5.67. The van der Waals surface area contributed by atoms with E-state index in [4.69, 9.17) is 9.84 Å². The van der Waals surface area contributed by atoms with Gasteiger partial charge in [0.05, 0.1) is 18.9 Å². The molecule has 0 heterocycles. The molecule has 17 heavy (non-hydrogen) atoms. The van der Waals surface area contributed by atoms with Crippen molar-refractivity contribution in [2.24, 2.45) is 0 Å². The molecule has 0 fully saturated rings. The number of carboxylic acids is 1. The van der Waals surface area contributed by atoms with Crippen molar-refractivity contribution in [1.29, 1.82) is 0 Å². The summed E-state index contributed by atoms with van der Waals surface area (Å²) in [5.41, 5.74) is 0.841. The van der Waals surface area contributed by atoms with Crippen molar-refractivity contribution in [3.63, 3.8) is 0 Å². The van der Waals surface area contributed by atoms with Crippen molar-refractivity contribution in [1.82, 2.24) is 0 Å². The van der Waals surface area contributed by atoms with Crippen LogP contribution in [-0.4, -0.2) is 28.3 Å². The molecule has 5 nitrogen and oxygen atoms in total. The van der Waals surface area contributed by atoms with Crippen LogP contribution >= 0.6 is 0 Å². The number of aliphatic hydroxyl groups is 1. The van der Waals surface area contributed by atoms with Gasteiger partial charge in [-0.25, -0.2) is 0 Å². The number of hydrogen-bond acceptors (Lipinski definition) is 4. The van der Waals surface area contributed by atoms with Gasteiger partial charge in [-0.15, -0.1) is 0 Å². The SMILES string of the molecule is O=C(O)CC(O)CC(=O)OCc1ccccc1. The molecule has 1 aromatic carbocycles. The lowest BCUT2D eigenvalue weighted by Crippen LogP contribution is -2.19. The molecule has 0 radical (unpaired) electrons. The van der Waals surface area contributed by atoms with Crippen molar-refractivity contribution in [2.45, 2.75) is 25.6 Å². The van der Waals surface area contributed by atoms with E-state index in [1.54, 1.807) is 12.1 Å². The van der Waals surface area contributed by atoms with Crippen LogP contribution in [0.2, 0.25) is 0 Å². The molecule has 0 saturated heterocycles. The summed E-state index contributed by atoms with van der Waals surface area (Å²) in [7, 11) is 0. The normalized spacial score (nSPS) is 11.8. The molecule has 0 aliphatic rings. The number of rotatable bonds is 6. The number of benzene rings is 1. The predicted octanol–water partition coefficient (Wildman–Crippen LogP) is 0.955. The van der Waals surface area contributed by atoms with Gasteiger partial charge in [-0.3, -0.25) is 9.59 Å².